The van der Waals surface area contributed by atoms with E-state index in [4.69, 9.17) is 0 Å². The van der Waals surface area contributed by atoms with Crippen LogP contribution in [0.3, 0.4) is 0 Å². The Morgan fingerprint density at radius 2 is 1.48 bits per heavy atom. The highest BCUT2D eigenvalue weighted by Crippen LogP contribution is 2.53. The van der Waals surface area contributed by atoms with Gasteiger partial charge in [0, 0.05) is 18.0 Å². The van der Waals surface area contributed by atoms with Crippen LogP contribution in [0.5, 0.6) is 0 Å². The molecule has 172 valence electrons. The predicted molar refractivity (Wildman–Crippen MR) is 99.0 cm³/mol. The lowest BCUT2D eigenvalue weighted by atomic mass is 9.78. The van der Waals surface area contributed by atoms with Crippen molar-refractivity contribution in [3.63, 3.8) is 0 Å². The minimum Gasteiger partial charge on any atom is -0.277 e. The van der Waals surface area contributed by atoms with Gasteiger partial charge in [0.15, 0.2) is 5.84 Å². The summed E-state index contributed by atoms with van der Waals surface area (Å²) in [6.07, 6.45) is -10.1. The number of carbonyl (C=O) groups excluding carboxylic acids is 2. The number of fused-ring (bicyclic) bond motifs is 1. The summed E-state index contributed by atoms with van der Waals surface area (Å²) in [5.74, 6) is -7.94. The van der Waals surface area contributed by atoms with Gasteiger partial charge < -0.3 is 0 Å². The molecule has 1 fully saturated rings. The molecule has 14 heteroatoms. The number of carbonyl (C=O) groups is 2. The number of alkyl halides is 6. The molecule has 2 aromatic rings. The van der Waals surface area contributed by atoms with Gasteiger partial charge in [-0.25, -0.2) is 24.1 Å². The summed E-state index contributed by atoms with van der Waals surface area (Å²) in [6.45, 7) is 0. The number of imide groups is 1. The van der Waals surface area contributed by atoms with Crippen LogP contribution < -0.4 is 10.2 Å². The minimum absolute atomic E-state index is 0.272. The molecule has 1 aromatic heterocycles. The maximum atomic E-state index is 14.2. The third kappa shape index (κ3) is 3.41. The number of nitrogens with one attached hydrogen (secondary N) is 1. The van der Waals surface area contributed by atoms with Gasteiger partial charge in [-0.15, -0.1) is 0 Å². The first-order valence-electron chi connectivity index (χ1n) is 8.99. The fraction of sp³-hybridized carbons (Fsp3) is 0.211. The summed E-state index contributed by atoms with van der Waals surface area (Å²) in [4.78, 5) is 35.6. The molecule has 3 heterocycles. The van der Waals surface area contributed by atoms with E-state index in [1.165, 1.54) is 5.32 Å². The molecule has 0 saturated carbocycles. The zero-order chi connectivity index (χ0) is 24.2. The van der Waals surface area contributed by atoms with Crippen molar-refractivity contribution in [1.29, 1.82) is 0 Å². The van der Waals surface area contributed by atoms with Gasteiger partial charge in [-0.1, -0.05) is 0 Å². The van der Waals surface area contributed by atoms with Crippen LogP contribution in [-0.2, 0) is 4.79 Å². The van der Waals surface area contributed by atoms with E-state index < -0.39 is 53.2 Å². The number of urea groups is 1. The summed E-state index contributed by atoms with van der Waals surface area (Å²) in [5, 5.41) is 1.49. The number of halogens is 7. The van der Waals surface area contributed by atoms with Gasteiger partial charge >= 0.3 is 18.4 Å². The predicted octanol–water partition coefficient (Wildman–Crippen LogP) is 3.62. The van der Waals surface area contributed by atoms with Gasteiger partial charge in [-0.2, -0.15) is 26.3 Å². The number of pyridine rings is 1. The third-order valence-electron chi connectivity index (χ3n) is 4.99. The van der Waals surface area contributed by atoms with Crippen LogP contribution in [0.15, 0.2) is 58.8 Å². The van der Waals surface area contributed by atoms with Crippen LogP contribution in [-0.4, -0.2) is 46.5 Å². The number of aromatic nitrogens is 1. The summed E-state index contributed by atoms with van der Waals surface area (Å²) in [6, 6.07) is 4.29. The molecule has 4 rings (SSSR count). The molecule has 2 aliphatic rings. The van der Waals surface area contributed by atoms with Crippen molar-refractivity contribution in [2.24, 2.45) is 15.9 Å². The van der Waals surface area contributed by atoms with E-state index in [9.17, 15) is 40.3 Å². The van der Waals surface area contributed by atoms with Crippen LogP contribution in [0.25, 0.3) is 0 Å². The smallest absolute Gasteiger partial charge is 0.277 e. The van der Waals surface area contributed by atoms with Crippen LogP contribution in [0.4, 0.5) is 41.2 Å². The van der Waals surface area contributed by atoms with Crippen molar-refractivity contribution in [3.05, 3.63) is 60.2 Å². The number of amidine groups is 2. The first kappa shape index (κ1) is 22.4. The van der Waals surface area contributed by atoms with E-state index in [0.29, 0.717) is 4.90 Å². The molecule has 0 spiro atoms. The Morgan fingerprint density at radius 1 is 0.909 bits per heavy atom. The van der Waals surface area contributed by atoms with Crippen molar-refractivity contribution in [1.82, 2.24) is 10.3 Å². The maximum absolute atomic E-state index is 14.2. The lowest BCUT2D eigenvalue weighted by Crippen LogP contribution is -2.73. The number of hydrogen-bond donors (Lipinski definition) is 1. The number of rotatable bonds is 2. The normalized spacial score (nSPS) is 20.6. The van der Waals surface area contributed by atoms with Crippen LogP contribution in [0, 0.1) is 11.7 Å². The highest BCUT2D eigenvalue weighted by Gasteiger charge is 2.79. The van der Waals surface area contributed by atoms with Gasteiger partial charge in [-0.05, 0) is 36.4 Å². The molecule has 7 nitrogen and oxygen atoms in total. The number of amides is 3. The Bertz CT molecular complexity index is 1160. The highest BCUT2D eigenvalue weighted by atomic mass is 19.4. The Hall–Kier alpha value is -3.84. The molecule has 3 amide bonds. The van der Waals surface area contributed by atoms with Crippen molar-refractivity contribution in [2.45, 2.75) is 17.9 Å². The van der Waals surface area contributed by atoms with Gasteiger partial charge in [0.1, 0.15) is 17.6 Å². The third-order valence-corrected chi connectivity index (χ3v) is 4.99. The van der Waals surface area contributed by atoms with Crippen LogP contribution >= 0.6 is 0 Å². The molecular weight excluding hydrogens is 463 g/mol. The quantitative estimate of drug-likeness (QED) is 0.677. The maximum Gasteiger partial charge on any atom is 0.423 e. The average molecular weight is 473 g/mol. The molecular formula is C19H10F7N5O2. The van der Waals surface area contributed by atoms with Crippen LogP contribution in [0.2, 0.25) is 0 Å². The van der Waals surface area contributed by atoms with Gasteiger partial charge in [0.2, 0.25) is 5.91 Å². The molecule has 0 radical (unpaired) electrons. The summed E-state index contributed by atoms with van der Waals surface area (Å²) in [5.41, 5.74) is -5.55. The fourth-order valence-corrected chi connectivity index (χ4v) is 3.52. The van der Waals surface area contributed by atoms with E-state index in [-0.39, 0.29) is 11.3 Å². The van der Waals surface area contributed by atoms with Crippen molar-refractivity contribution >= 4 is 29.3 Å². The lowest BCUT2D eigenvalue weighted by Gasteiger charge is -2.45. The van der Waals surface area contributed by atoms with E-state index in [2.05, 4.69) is 15.0 Å². The molecule has 0 aliphatic carbocycles. The second-order valence-corrected chi connectivity index (χ2v) is 6.94. The minimum atomic E-state index is -6.12. The average Bonchev–Trinajstić information content (AvgIpc) is 2.73. The standard InChI is InChI=1S/C19H10F7N5O2/c20-10-1-3-11(4-2-10)31-14-12(15(32)29-16(31)33)17(18(21,22)23,19(24,25)26)30-13(28-14)9-5-7-27-8-6-9/h1-8,12H,(H,29,32,33). The monoisotopic (exact) mass is 473 g/mol. The number of hydrogen-bond acceptors (Lipinski definition) is 5. The Balaban J connectivity index is 2.05. The molecule has 33 heavy (non-hydrogen) atoms. The second kappa shape index (κ2) is 7.35. The zero-order valence-corrected chi connectivity index (χ0v) is 15.9. The lowest BCUT2D eigenvalue weighted by molar-refractivity contribution is -0.302. The first-order valence-corrected chi connectivity index (χ1v) is 8.99. The summed E-state index contributed by atoms with van der Waals surface area (Å²) >= 11 is 0. The van der Waals surface area contributed by atoms with Crippen molar-refractivity contribution < 1.29 is 40.3 Å². The highest BCUT2D eigenvalue weighted by molar-refractivity contribution is 6.33. The number of nitrogens with zero attached hydrogens (tertiary/aromatic N) is 4. The first-order chi connectivity index (χ1) is 15.4. The van der Waals surface area contributed by atoms with Gasteiger partial charge in [0.25, 0.3) is 5.54 Å². The van der Waals surface area contributed by atoms with E-state index in [1.807, 2.05) is 0 Å². The Labute approximate surface area is 179 Å². The van der Waals surface area contributed by atoms with Crippen LogP contribution in [0.1, 0.15) is 5.56 Å². The topological polar surface area (TPSA) is 87.0 Å². The summed E-state index contributed by atoms with van der Waals surface area (Å²) < 4.78 is 98.4. The number of aliphatic imine (C=N–C) groups is 2. The number of benzene rings is 1. The van der Waals surface area contributed by atoms with Gasteiger partial charge in [0.05, 0.1) is 5.69 Å². The zero-order valence-electron chi connectivity index (χ0n) is 15.9. The second-order valence-electron chi connectivity index (χ2n) is 6.94. The SMILES string of the molecule is O=C1NC(=O)N(c2ccc(F)cc2)C2=NC(c3ccncc3)=NC(C(F)(F)F)(C(F)(F)F)C12. The summed E-state index contributed by atoms with van der Waals surface area (Å²) in [7, 11) is 0. The fourth-order valence-electron chi connectivity index (χ4n) is 3.52. The van der Waals surface area contributed by atoms with E-state index in [0.717, 1.165) is 48.8 Å². The number of anilines is 1. The molecule has 1 N–H and O–H groups in total. The van der Waals surface area contributed by atoms with E-state index in [1.54, 1.807) is 0 Å². The molecule has 0 bridgehead atoms. The van der Waals surface area contributed by atoms with Crippen molar-refractivity contribution in [3.8, 4) is 0 Å². The largest absolute Gasteiger partial charge is 0.423 e. The van der Waals surface area contributed by atoms with Crippen molar-refractivity contribution in [2.75, 3.05) is 4.90 Å². The Morgan fingerprint density at radius 3 is 2.03 bits per heavy atom. The molecule has 2 aliphatic heterocycles. The molecule has 1 aromatic carbocycles. The van der Waals surface area contributed by atoms with E-state index >= 15 is 0 Å². The molecule has 1 saturated heterocycles. The molecule has 1 atom stereocenters. The Kier molecular flexibility index (Phi) is 4.98. The molecule has 1 unspecified atom stereocenters. The van der Waals surface area contributed by atoms with Gasteiger partial charge in [-0.3, -0.25) is 15.1 Å².